The molecule has 33 heavy (non-hydrogen) atoms. The highest BCUT2D eigenvalue weighted by molar-refractivity contribution is 5.80. The maximum Gasteiger partial charge on any atom is 0.193 e. The molecular formula is C26H30N2O5. The summed E-state index contributed by atoms with van der Waals surface area (Å²) in [5, 5.41) is 19.3. The Bertz CT molecular complexity index is 1110. The molecule has 1 aromatic carbocycles. The summed E-state index contributed by atoms with van der Waals surface area (Å²) in [4.78, 5) is 8.12. The Kier molecular flexibility index (Phi) is 5.58. The molecule has 0 radical (unpaired) electrons. The molecule has 0 spiro atoms. The number of hydrogen-bond donors (Lipinski definition) is 3. The summed E-state index contributed by atoms with van der Waals surface area (Å²) in [5.74, 6) is 1.69. The van der Waals surface area contributed by atoms with Crippen molar-refractivity contribution < 1.29 is 24.4 Å². The number of ether oxygens (including phenoxy) is 3. The zero-order valence-electron chi connectivity index (χ0n) is 18.5. The highest BCUT2D eigenvalue weighted by Crippen LogP contribution is 2.36. The third kappa shape index (κ3) is 4.04. The lowest BCUT2D eigenvalue weighted by molar-refractivity contribution is 0.00794. The van der Waals surface area contributed by atoms with Crippen LogP contribution < -0.4 is 4.74 Å². The molecular weight excluding hydrogens is 420 g/mol. The normalized spacial score (nSPS) is 31.7. The summed E-state index contributed by atoms with van der Waals surface area (Å²) in [7, 11) is 0. The fourth-order valence-corrected chi connectivity index (χ4v) is 5.52. The van der Waals surface area contributed by atoms with Crippen LogP contribution in [-0.4, -0.2) is 64.4 Å². The number of H-pyrrole nitrogens is 1. The molecule has 3 N–H and O–H groups in total. The number of aliphatic hydroxyl groups is 2. The Balaban J connectivity index is 1.16. The predicted molar refractivity (Wildman–Crippen MR) is 123 cm³/mol. The maximum atomic E-state index is 9.92. The van der Waals surface area contributed by atoms with E-state index in [1.54, 1.807) is 0 Å². The second kappa shape index (κ2) is 8.72. The van der Waals surface area contributed by atoms with Gasteiger partial charge in [-0.05, 0) is 55.2 Å². The SMILES string of the molecule is OCC1CCC(c2ccc(-c3ccc4[nH]c(O[C@@H]5COC6[C@H](O)CO[C@@H]65)cc4n3)cc2)CC1. The average molecular weight is 451 g/mol. The maximum absolute atomic E-state index is 9.92. The second-order valence-corrected chi connectivity index (χ2v) is 9.60. The standard InChI is InChI=1S/C26H30N2O5/c29-12-15-1-3-16(4-2-15)17-5-7-18(8-6-17)19-9-10-20-21(27-19)11-24(28-20)33-23-14-32-25-22(30)13-31-26(23)25/h5-11,15-16,22-23,25-26,28-30H,1-4,12-14H2/t15?,16?,22-,23-,25?,26-/m1/s1. The van der Waals surface area contributed by atoms with Gasteiger partial charge in [0.25, 0.3) is 0 Å². The van der Waals surface area contributed by atoms with Crippen LogP contribution in [0.25, 0.3) is 22.3 Å². The van der Waals surface area contributed by atoms with Crippen molar-refractivity contribution in [3.63, 3.8) is 0 Å². The van der Waals surface area contributed by atoms with Crippen LogP contribution in [0.3, 0.4) is 0 Å². The summed E-state index contributed by atoms with van der Waals surface area (Å²) in [6, 6.07) is 14.7. The molecule has 3 aromatic rings. The molecule has 1 saturated carbocycles. The van der Waals surface area contributed by atoms with E-state index in [1.165, 1.54) is 5.56 Å². The first-order valence-corrected chi connectivity index (χ1v) is 12.0. The number of nitrogens with zero attached hydrogens (tertiary/aromatic N) is 1. The lowest BCUT2D eigenvalue weighted by atomic mass is 9.79. The molecule has 2 aliphatic heterocycles. The van der Waals surface area contributed by atoms with Crippen molar-refractivity contribution >= 4 is 11.0 Å². The first-order valence-electron chi connectivity index (χ1n) is 12.0. The lowest BCUT2D eigenvalue weighted by Gasteiger charge is -2.27. The van der Waals surface area contributed by atoms with Gasteiger partial charge in [-0.2, -0.15) is 0 Å². The molecule has 4 heterocycles. The van der Waals surface area contributed by atoms with Crippen LogP contribution in [0.5, 0.6) is 5.88 Å². The molecule has 174 valence electrons. The van der Waals surface area contributed by atoms with Gasteiger partial charge in [-0.3, -0.25) is 0 Å². The first-order chi connectivity index (χ1) is 16.2. The number of hydrogen-bond acceptors (Lipinski definition) is 6. The highest BCUT2D eigenvalue weighted by atomic mass is 16.6. The van der Waals surface area contributed by atoms with Crippen LogP contribution in [0.2, 0.25) is 0 Å². The molecule has 7 nitrogen and oxygen atoms in total. The number of nitrogens with one attached hydrogen (secondary N) is 1. The van der Waals surface area contributed by atoms with Gasteiger partial charge in [0.15, 0.2) is 12.0 Å². The molecule has 7 heteroatoms. The number of aliphatic hydroxyl groups excluding tert-OH is 2. The number of fused-ring (bicyclic) bond motifs is 2. The van der Waals surface area contributed by atoms with Gasteiger partial charge in [0, 0.05) is 18.2 Å². The van der Waals surface area contributed by atoms with E-state index >= 15 is 0 Å². The van der Waals surface area contributed by atoms with E-state index in [9.17, 15) is 10.2 Å². The van der Waals surface area contributed by atoms with Gasteiger partial charge in [-0.1, -0.05) is 24.3 Å². The van der Waals surface area contributed by atoms with Crippen LogP contribution in [-0.2, 0) is 9.47 Å². The van der Waals surface area contributed by atoms with E-state index in [4.69, 9.17) is 19.2 Å². The Hall–Kier alpha value is -2.45. The van der Waals surface area contributed by atoms with E-state index in [0.717, 1.165) is 48.0 Å². The predicted octanol–water partition coefficient (Wildman–Crippen LogP) is 3.40. The molecule has 3 fully saturated rings. The quantitative estimate of drug-likeness (QED) is 0.551. The van der Waals surface area contributed by atoms with E-state index in [2.05, 4.69) is 29.2 Å². The minimum absolute atomic E-state index is 0.243. The molecule has 3 aliphatic rings. The van der Waals surface area contributed by atoms with Gasteiger partial charge < -0.3 is 29.4 Å². The smallest absolute Gasteiger partial charge is 0.193 e. The largest absolute Gasteiger partial charge is 0.470 e. The van der Waals surface area contributed by atoms with E-state index in [1.807, 2.05) is 18.2 Å². The molecule has 4 atom stereocenters. The van der Waals surface area contributed by atoms with Crippen molar-refractivity contribution in [2.45, 2.75) is 56.0 Å². The van der Waals surface area contributed by atoms with Crippen molar-refractivity contribution in [2.24, 2.45) is 5.92 Å². The number of aromatic nitrogens is 2. The molecule has 0 amide bonds. The molecule has 6 rings (SSSR count). The van der Waals surface area contributed by atoms with Gasteiger partial charge in [0.2, 0.25) is 0 Å². The topological polar surface area (TPSA) is 96.8 Å². The summed E-state index contributed by atoms with van der Waals surface area (Å²) < 4.78 is 17.4. The molecule has 0 bridgehead atoms. The van der Waals surface area contributed by atoms with Gasteiger partial charge >= 0.3 is 0 Å². The zero-order valence-corrected chi connectivity index (χ0v) is 18.5. The Morgan fingerprint density at radius 1 is 0.970 bits per heavy atom. The summed E-state index contributed by atoms with van der Waals surface area (Å²) in [6.45, 7) is 1.00. The van der Waals surface area contributed by atoms with Crippen molar-refractivity contribution in [1.82, 2.24) is 9.97 Å². The van der Waals surface area contributed by atoms with Crippen molar-refractivity contribution in [3.05, 3.63) is 48.0 Å². The van der Waals surface area contributed by atoms with Crippen molar-refractivity contribution in [1.29, 1.82) is 0 Å². The minimum Gasteiger partial charge on any atom is -0.470 e. The number of aromatic amines is 1. The monoisotopic (exact) mass is 450 g/mol. The lowest BCUT2D eigenvalue weighted by Crippen LogP contribution is -2.34. The van der Waals surface area contributed by atoms with Gasteiger partial charge in [-0.15, -0.1) is 0 Å². The molecule has 2 saturated heterocycles. The third-order valence-electron chi connectivity index (χ3n) is 7.49. The van der Waals surface area contributed by atoms with Gasteiger partial charge in [0.05, 0.1) is 29.9 Å². The summed E-state index contributed by atoms with van der Waals surface area (Å²) >= 11 is 0. The Morgan fingerprint density at radius 2 is 1.76 bits per heavy atom. The zero-order chi connectivity index (χ0) is 22.4. The number of rotatable bonds is 5. The summed E-state index contributed by atoms with van der Waals surface area (Å²) in [5.41, 5.74) is 5.15. The van der Waals surface area contributed by atoms with Gasteiger partial charge in [0.1, 0.15) is 18.3 Å². The Labute approximate surface area is 192 Å². The van der Waals surface area contributed by atoms with Crippen LogP contribution >= 0.6 is 0 Å². The molecule has 2 aromatic heterocycles. The van der Waals surface area contributed by atoms with Crippen LogP contribution in [0.4, 0.5) is 0 Å². The fourth-order valence-electron chi connectivity index (χ4n) is 5.52. The van der Waals surface area contributed by atoms with Crippen LogP contribution in [0.15, 0.2) is 42.5 Å². The molecule has 1 unspecified atom stereocenters. The van der Waals surface area contributed by atoms with E-state index in [-0.39, 0.29) is 24.9 Å². The van der Waals surface area contributed by atoms with Crippen LogP contribution in [0.1, 0.15) is 37.2 Å². The number of pyridine rings is 1. The Morgan fingerprint density at radius 3 is 2.55 bits per heavy atom. The van der Waals surface area contributed by atoms with Crippen LogP contribution in [0, 0.1) is 5.92 Å². The third-order valence-corrected chi connectivity index (χ3v) is 7.49. The van der Waals surface area contributed by atoms with Crippen molar-refractivity contribution in [2.75, 3.05) is 19.8 Å². The van der Waals surface area contributed by atoms with E-state index < -0.39 is 6.10 Å². The summed E-state index contributed by atoms with van der Waals surface area (Å²) in [6.07, 6.45) is 3.14. The highest BCUT2D eigenvalue weighted by Gasteiger charge is 2.48. The average Bonchev–Trinajstić information content (AvgIpc) is 3.55. The van der Waals surface area contributed by atoms with E-state index in [0.29, 0.717) is 30.9 Å². The molecule has 1 aliphatic carbocycles. The minimum atomic E-state index is -0.586. The second-order valence-electron chi connectivity index (χ2n) is 9.60. The number of benzene rings is 1. The fraction of sp³-hybridized carbons (Fsp3) is 0.500. The van der Waals surface area contributed by atoms with Gasteiger partial charge in [-0.25, -0.2) is 4.98 Å². The first kappa shape index (κ1) is 21.1. The van der Waals surface area contributed by atoms with Crippen molar-refractivity contribution in [3.8, 4) is 17.1 Å².